The van der Waals surface area contributed by atoms with Gasteiger partial charge >= 0.3 is 5.97 Å². The van der Waals surface area contributed by atoms with E-state index in [1.165, 1.54) is 17.6 Å². The molecule has 2 N–H and O–H groups in total. The minimum atomic E-state index is -0.565. The van der Waals surface area contributed by atoms with Gasteiger partial charge in [-0.1, -0.05) is 18.2 Å². The summed E-state index contributed by atoms with van der Waals surface area (Å²) in [4.78, 5) is 36.6. The SMILES string of the molecule is O=C(COC(=O)c1cccs1)Nc1ccccc1C(=O)NCc1ccco1. The maximum Gasteiger partial charge on any atom is 0.348 e. The lowest BCUT2D eigenvalue weighted by molar-refractivity contribution is -0.119. The lowest BCUT2D eigenvalue weighted by Gasteiger charge is -2.11. The monoisotopic (exact) mass is 384 g/mol. The molecule has 0 saturated carbocycles. The molecule has 3 aromatic rings. The summed E-state index contributed by atoms with van der Waals surface area (Å²) in [5.41, 5.74) is 0.619. The number of esters is 1. The molecule has 0 radical (unpaired) electrons. The highest BCUT2D eigenvalue weighted by molar-refractivity contribution is 7.11. The van der Waals surface area contributed by atoms with Gasteiger partial charge in [0.2, 0.25) is 0 Å². The summed E-state index contributed by atoms with van der Waals surface area (Å²) in [5, 5.41) is 7.05. The van der Waals surface area contributed by atoms with E-state index in [2.05, 4.69) is 10.6 Å². The van der Waals surface area contributed by atoms with E-state index in [4.69, 9.17) is 9.15 Å². The van der Waals surface area contributed by atoms with Gasteiger partial charge in [-0.25, -0.2) is 4.79 Å². The molecule has 27 heavy (non-hydrogen) atoms. The van der Waals surface area contributed by atoms with Crippen molar-refractivity contribution in [1.29, 1.82) is 0 Å². The van der Waals surface area contributed by atoms with Crippen LogP contribution in [0, 0.1) is 0 Å². The number of para-hydroxylation sites is 1. The van der Waals surface area contributed by atoms with E-state index in [1.807, 2.05) is 0 Å². The summed E-state index contributed by atoms with van der Waals surface area (Å²) in [6.07, 6.45) is 1.52. The van der Waals surface area contributed by atoms with E-state index in [0.717, 1.165) is 0 Å². The maximum atomic E-state index is 12.4. The van der Waals surface area contributed by atoms with Crippen LogP contribution in [0.25, 0.3) is 0 Å². The second-order valence-electron chi connectivity index (χ2n) is 5.41. The molecule has 138 valence electrons. The first-order valence-electron chi connectivity index (χ1n) is 8.03. The van der Waals surface area contributed by atoms with Gasteiger partial charge in [0.15, 0.2) is 6.61 Å². The Bertz CT molecular complexity index is 920. The van der Waals surface area contributed by atoms with E-state index >= 15 is 0 Å². The molecule has 2 amide bonds. The van der Waals surface area contributed by atoms with Gasteiger partial charge in [0.25, 0.3) is 11.8 Å². The van der Waals surface area contributed by atoms with Gasteiger partial charge in [0, 0.05) is 0 Å². The highest BCUT2D eigenvalue weighted by Crippen LogP contribution is 2.16. The Morgan fingerprint density at radius 3 is 2.63 bits per heavy atom. The zero-order valence-corrected chi connectivity index (χ0v) is 15.0. The highest BCUT2D eigenvalue weighted by Gasteiger charge is 2.15. The number of amides is 2. The molecule has 1 aromatic carbocycles. The van der Waals surface area contributed by atoms with Crippen LogP contribution in [0.3, 0.4) is 0 Å². The van der Waals surface area contributed by atoms with E-state index in [1.54, 1.807) is 53.9 Å². The smallest absolute Gasteiger partial charge is 0.348 e. The maximum absolute atomic E-state index is 12.4. The van der Waals surface area contributed by atoms with Gasteiger partial charge in [-0.3, -0.25) is 9.59 Å². The number of anilines is 1. The van der Waals surface area contributed by atoms with Gasteiger partial charge in [-0.15, -0.1) is 11.3 Å². The van der Waals surface area contributed by atoms with Gasteiger partial charge in [0.1, 0.15) is 10.6 Å². The molecule has 0 aliphatic heterocycles. The van der Waals surface area contributed by atoms with Gasteiger partial charge in [-0.05, 0) is 35.7 Å². The van der Waals surface area contributed by atoms with Crippen molar-refractivity contribution in [2.45, 2.75) is 6.54 Å². The number of furan rings is 1. The average molecular weight is 384 g/mol. The zero-order chi connectivity index (χ0) is 19.1. The fourth-order valence-electron chi connectivity index (χ4n) is 2.25. The van der Waals surface area contributed by atoms with Crippen molar-refractivity contribution in [3.05, 3.63) is 76.4 Å². The quantitative estimate of drug-likeness (QED) is 0.610. The molecule has 0 aliphatic carbocycles. The Morgan fingerprint density at radius 1 is 1.04 bits per heavy atom. The number of benzene rings is 1. The molecule has 0 spiro atoms. The van der Waals surface area contributed by atoms with E-state index < -0.39 is 18.5 Å². The van der Waals surface area contributed by atoms with Crippen LogP contribution in [0.1, 0.15) is 25.8 Å². The predicted octanol–water partition coefficient (Wildman–Crippen LogP) is 3.07. The summed E-state index contributed by atoms with van der Waals surface area (Å²) >= 11 is 1.23. The van der Waals surface area contributed by atoms with Crippen molar-refractivity contribution < 1.29 is 23.5 Å². The zero-order valence-electron chi connectivity index (χ0n) is 14.1. The lowest BCUT2D eigenvalue weighted by Crippen LogP contribution is -2.26. The number of carbonyl (C=O) groups excluding carboxylic acids is 3. The molecular weight excluding hydrogens is 368 g/mol. The first kappa shape index (κ1) is 18.4. The molecule has 0 fully saturated rings. The minimum Gasteiger partial charge on any atom is -0.467 e. The third-order valence-electron chi connectivity index (χ3n) is 3.51. The molecule has 0 atom stereocenters. The van der Waals surface area contributed by atoms with E-state index in [9.17, 15) is 14.4 Å². The van der Waals surface area contributed by atoms with Gasteiger partial charge in [-0.2, -0.15) is 0 Å². The number of hydrogen-bond acceptors (Lipinski definition) is 6. The summed E-state index contributed by atoms with van der Waals surface area (Å²) in [5.74, 6) is -0.848. The van der Waals surface area contributed by atoms with Crippen molar-refractivity contribution in [3.63, 3.8) is 0 Å². The van der Waals surface area contributed by atoms with Crippen molar-refractivity contribution in [2.24, 2.45) is 0 Å². The third-order valence-corrected chi connectivity index (χ3v) is 4.36. The molecule has 3 rings (SSSR count). The number of rotatable bonds is 7. The second-order valence-corrected chi connectivity index (χ2v) is 6.36. The Kier molecular flexibility index (Phi) is 6.01. The summed E-state index contributed by atoms with van der Waals surface area (Å²) < 4.78 is 10.1. The van der Waals surface area contributed by atoms with Crippen LogP contribution < -0.4 is 10.6 Å². The van der Waals surface area contributed by atoms with Gasteiger partial charge < -0.3 is 19.8 Å². The molecule has 0 saturated heterocycles. The normalized spacial score (nSPS) is 10.2. The number of hydrogen-bond donors (Lipinski definition) is 2. The molecule has 8 heteroatoms. The van der Waals surface area contributed by atoms with E-state index in [-0.39, 0.29) is 12.5 Å². The summed E-state index contributed by atoms with van der Waals surface area (Å²) in [7, 11) is 0. The Hall–Kier alpha value is -3.39. The number of thiophene rings is 1. The molecule has 2 aromatic heterocycles. The predicted molar refractivity (Wildman–Crippen MR) is 99.6 cm³/mol. The highest BCUT2D eigenvalue weighted by atomic mass is 32.1. The van der Waals surface area contributed by atoms with Crippen LogP contribution in [-0.2, 0) is 16.1 Å². The van der Waals surface area contributed by atoms with E-state index in [0.29, 0.717) is 21.9 Å². The van der Waals surface area contributed by atoms with Crippen molar-refractivity contribution in [2.75, 3.05) is 11.9 Å². The van der Waals surface area contributed by atoms with Gasteiger partial charge in [0.05, 0.1) is 24.1 Å². The van der Waals surface area contributed by atoms with Crippen molar-refractivity contribution >= 4 is 34.8 Å². The molecular formula is C19H16N2O5S. The summed E-state index contributed by atoms with van der Waals surface area (Å²) in [6, 6.07) is 13.4. The largest absolute Gasteiger partial charge is 0.467 e. The first-order valence-corrected chi connectivity index (χ1v) is 8.91. The molecule has 0 aliphatic rings. The average Bonchev–Trinajstić information content (AvgIpc) is 3.38. The summed E-state index contributed by atoms with van der Waals surface area (Å²) in [6.45, 7) is -0.217. The van der Waals surface area contributed by atoms with Crippen LogP contribution in [0.2, 0.25) is 0 Å². The van der Waals surface area contributed by atoms with Crippen LogP contribution >= 0.6 is 11.3 Å². The Labute approximate surface area is 159 Å². The molecule has 0 bridgehead atoms. The van der Waals surface area contributed by atoms with Crippen molar-refractivity contribution in [1.82, 2.24) is 5.32 Å². The molecule has 0 unspecified atom stereocenters. The standard InChI is InChI=1S/C19H16N2O5S/c22-17(12-26-19(24)16-8-4-10-27-16)21-15-7-2-1-6-14(15)18(23)20-11-13-5-3-9-25-13/h1-10H,11-12H2,(H,20,23)(H,21,22). The lowest BCUT2D eigenvalue weighted by atomic mass is 10.1. The molecule has 2 heterocycles. The minimum absolute atomic E-state index is 0.229. The number of carbonyl (C=O) groups is 3. The third kappa shape index (κ3) is 5.05. The number of ether oxygens (including phenoxy) is 1. The first-order chi connectivity index (χ1) is 13.1. The fourth-order valence-corrected chi connectivity index (χ4v) is 2.87. The van der Waals surface area contributed by atoms with Crippen molar-refractivity contribution in [3.8, 4) is 0 Å². The topological polar surface area (TPSA) is 97.6 Å². The number of nitrogens with one attached hydrogen (secondary N) is 2. The molecule has 7 nitrogen and oxygen atoms in total. The van der Waals surface area contributed by atoms with Crippen LogP contribution in [0.15, 0.2) is 64.6 Å². The Balaban J connectivity index is 1.57. The van der Waals surface area contributed by atoms with Crippen LogP contribution in [-0.4, -0.2) is 24.4 Å². The fraction of sp³-hybridized carbons (Fsp3) is 0.105. The second kappa shape index (κ2) is 8.81. The van der Waals surface area contributed by atoms with Crippen LogP contribution in [0.4, 0.5) is 5.69 Å². The Morgan fingerprint density at radius 2 is 1.89 bits per heavy atom. The van der Waals surface area contributed by atoms with Crippen LogP contribution in [0.5, 0.6) is 0 Å².